The van der Waals surface area contributed by atoms with E-state index >= 15 is 0 Å². The predicted octanol–water partition coefficient (Wildman–Crippen LogP) is 4.01. The highest BCUT2D eigenvalue weighted by Crippen LogP contribution is 2.25. The zero-order chi connectivity index (χ0) is 16.8. The number of carbonyl (C=O) groups is 1. The number of benzene rings is 2. The molecule has 0 fully saturated rings. The molecule has 2 aromatic carbocycles. The molecule has 2 aromatic rings. The van der Waals surface area contributed by atoms with Gasteiger partial charge in [-0.2, -0.15) is 0 Å². The molecule has 122 valence electrons. The van der Waals surface area contributed by atoms with Gasteiger partial charge in [0.2, 0.25) is 5.91 Å². The normalized spacial score (nSPS) is 11.8. The summed E-state index contributed by atoms with van der Waals surface area (Å²) in [5, 5.41) is 15.6. The Labute approximate surface area is 137 Å². The third-order valence-electron chi connectivity index (χ3n) is 3.85. The van der Waals surface area contributed by atoms with E-state index in [9.17, 15) is 9.90 Å². The lowest BCUT2D eigenvalue weighted by Gasteiger charge is -2.19. The molecule has 23 heavy (non-hydrogen) atoms. The molecule has 0 saturated heterocycles. The van der Waals surface area contributed by atoms with Crippen molar-refractivity contribution in [2.75, 3.05) is 10.6 Å². The Hall–Kier alpha value is -2.33. The van der Waals surface area contributed by atoms with Crippen LogP contribution in [-0.2, 0) is 11.4 Å². The van der Waals surface area contributed by atoms with E-state index in [2.05, 4.69) is 17.6 Å². The summed E-state index contributed by atoms with van der Waals surface area (Å²) in [5.41, 5.74) is 4.91. The average molecular weight is 312 g/mol. The molecule has 4 nitrogen and oxygen atoms in total. The predicted molar refractivity (Wildman–Crippen MR) is 94.5 cm³/mol. The van der Waals surface area contributed by atoms with E-state index in [1.54, 1.807) is 0 Å². The SMILES string of the molecule is CCC(=O)Nc1ccc(C)c(NC(C)c2cccc(CO)c2)c1. The maximum Gasteiger partial charge on any atom is 0.224 e. The summed E-state index contributed by atoms with van der Waals surface area (Å²) < 4.78 is 0. The smallest absolute Gasteiger partial charge is 0.224 e. The molecule has 0 aromatic heterocycles. The highest BCUT2D eigenvalue weighted by molar-refractivity contribution is 5.91. The topological polar surface area (TPSA) is 61.4 Å². The summed E-state index contributed by atoms with van der Waals surface area (Å²) >= 11 is 0. The zero-order valence-corrected chi connectivity index (χ0v) is 13.9. The number of rotatable bonds is 6. The number of anilines is 2. The second-order valence-electron chi connectivity index (χ2n) is 5.70. The third kappa shape index (κ3) is 4.57. The van der Waals surface area contributed by atoms with Crippen LogP contribution in [0.2, 0.25) is 0 Å². The molecule has 0 spiro atoms. The monoisotopic (exact) mass is 312 g/mol. The molecule has 0 saturated carbocycles. The Bertz CT molecular complexity index is 683. The van der Waals surface area contributed by atoms with Crippen LogP contribution in [0.1, 0.15) is 43.0 Å². The molecule has 3 N–H and O–H groups in total. The van der Waals surface area contributed by atoms with Gasteiger partial charge >= 0.3 is 0 Å². The van der Waals surface area contributed by atoms with Gasteiger partial charge in [0, 0.05) is 23.8 Å². The minimum Gasteiger partial charge on any atom is -0.392 e. The van der Waals surface area contributed by atoms with Crippen LogP contribution in [0.15, 0.2) is 42.5 Å². The fourth-order valence-corrected chi connectivity index (χ4v) is 2.38. The van der Waals surface area contributed by atoms with Gasteiger partial charge in [-0.15, -0.1) is 0 Å². The van der Waals surface area contributed by atoms with Crippen LogP contribution in [0.3, 0.4) is 0 Å². The van der Waals surface area contributed by atoms with E-state index < -0.39 is 0 Å². The third-order valence-corrected chi connectivity index (χ3v) is 3.85. The van der Waals surface area contributed by atoms with Crippen LogP contribution in [0.5, 0.6) is 0 Å². The summed E-state index contributed by atoms with van der Waals surface area (Å²) in [7, 11) is 0. The van der Waals surface area contributed by atoms with Gasteiger partial charge < -0.3 is 15.7 Å². The fourth-order valence-electron chi connectivity index (χ4n) is 2.38. The number of aliphatic hydroxyl groups excluding tert-OH is 1. The zero-order valence-electron chi connectivity index (χ0n) is 13.9. The fraction of sp³-hybridized carbons (Fsp3) is 0.316. The molecule has 1 amide bonds. The van der Waals surface area contributed by atoms with Crippen LogP contribution >= 0.6 is 0 Å². The highest BCUT2D eigenvalue weighted by Gasteiger charge is 2.09. The molecule has 0 aliphatic carbocycles. The van der Waals surface area contributed by atoms with E-state index in [0.717, 1.165) is 28.1 Å². The molecule has 4 heteroatoms. The molecular weight excluding hydrogens is 288 g/mol. The van der Waals surface area contributed by atoms with Crippen LogP contribution in [0, 0.1) is 6.92 Å². The van der Waals surface area contributed by atoms with Gasteiger partial charge in [-0.1, -0.05) is 37.3 Å². The van der Waals surface area contributed by atoms with Crippen molar-refractivity contribution < 1.29 is 9.90 Å². The summed E-state index contributed by atoms with van der Waals surface area (Å²) in [5.74, 6) is 0.00324. The van der Waals surface area contributed by atoms with Crippen molar-refractivity contribution in [3.05, 3.63) is 59.2 Å². The quantitative estimate of drug-likeness (QED) is 0.755. The highest BCUT2D eigenvalue weighted by atomic mass is 16.3. The first kappa shape index (κ1) is 17.0. The van der Waals surface area contributed by atoms with E-state index in [4.69, 9.17) is 0 Å². The molecule has 2 rings (SSSR count). The number of hydrogen-bond donors (Lipinski definition) is 3. The van der Waals surface area contributed by atoms with Crippen LogP contribution in [0.25, 0.3) is 0 Å². The number of aliphatic hydroxyl groups is 1. The molecule has 0 aliphatic rings. The van der Waals surface area contributed by atoms with Crippen molar-refractivity contribution in [1.82, 2.24) is 0 Å². The molecule has 1 unspecified atom stereocenters. The van der Waals surface area contributed by atoms with Gasteiger partial charge in [0.15, 0.2) is 0 Å². The van der Waals surface area contributed by atoms with Crippen LogP contribution in [0.4, 0.5) is 11.4 Å². The number of hydrogen-bond acceptors (Lipinski definition) is 3. The molecule has 0 aliphatic heterocycles. The van der Waals surface area contributed by atoms with E-state index in [-0.39, 0.29) is 18.6 Å². The second-order valence-corrected chi connectivity index (χ2v) is 5.70. The number of carbonyl (C=O) groups excluding carboxylic acids is 1. The second kappa shape index (κ2) is 7.79. The van der Waals surface area contributed by atoms with Gasteiger partial charge in [0.25, 0.3) is 0 Å². The van der Waals surface area contributed by atoms with Gasteiger partial charge in [-0.05, 0) is 42.7 Å². The Balaban J connectivity index is 2.17. The van der Waals surface area contributed by atoms with E-state index in [0.29, 0.717) is 6.42 Å². The Morgan fingerprint density at radius 1 is 1.22 bits per heavy atom. The molecular formula is C19H24N2O2. The molecule has 0 radical (unpaired) electrons. The minimum atomic E-state index is 0.00324. The largest absolute Gasteiger partial charge is 0.392 e. The molecule has 0 bridgehead atoms. The van der Waals surface area contributed by atoms with Crippen molar-refractivity contribution in [2.24, 2.45) is 0 Å². The van der Waals surface area contributed by atoms with Crippen molar-refractivity contribution in [3.8, 4) is 0 Å². The Kier molecular flexibility index (Phi) is 5.77. The van der Waals surface area contributed by atoms with Crippen molar-refractivity contribution in [1.29, 1.82) is 0 Å². The Morgan fingerprint density at radius 2 is 2.00 bits per heavy atom. The van der Waals surface area contributed by atoms with Gasteiger partial charge in [-0.25, -0.2) is 0 Å². The van der Waals surface area contributed by atoms with Crippen LogP contribution < -0.4 is 10.6 Å². The van der Waals surface area contributed by atoms with Gasteiger partial charge in [0.1, 0.15) is 0 Å². The average Bonchev–Trinajstić information content (AvgIpc) is 2.57. The first-order valence-corrected chi connectivity index (χ1v) is 7.90. The number of amides is 1. The summed E-state index contributed by atoms with van der Waals surface area (Å²) in [6.45, 7) is 5.98. The van der Waals surface area contributed by atoms with Crippen molar-refractivity contribution >= 4 is 17.3 Å². The summed E-state index contributed by atoms with van der Waals surface area (Å²) in [6, 6.07) is 13.8. The van der Waals surface area contributed by atoms with Crippen molar-refractivity contribution in [2.45, 2.75) is 39.8 Å². The molecule has 0 heterocycles. The lowest BCUT2D eigenvalue weighted by molar-refractivity contribution is -0.115. The van der Waals surface area contributed by atoms with Gasteiger partial charge in [-0.3, -0.25) is 4.79 Å². The summed E-state index contributed by atoms with van der Waals surface area (Å²) in [4.78, 5) is 11.5. The van der Waals surface area contributed by atoms with Gasteiger partial charge in [0.05, 0.1) is 6.61 Å². The first-order valence-electron chi connectivity index (χ1n) is 7.90. The molecule has 1 atom stereocenters. The number of nitrogens with one attached hydrogen (secondary N) is 2. The Morgan fingerprint density at radius 3 is 2.70 bits per heavy atom. The summed E-state index contributed by atoms with van der Waals surface area (Å²) in [6.07, 6.45) is 0.459. The maximum absolute atomic E-state index is 11.5. The maximum atomic E-state index is 11.5. The first-order chi connectivity index (χ1) is 11.0. The van der Waals surface area contributed by atoms with E-state index in [1.165, 1.54) is 0 Å². The lowest BCUT2D eigenvalue weighted by Crippen LogP contribution is -2.11. The van der Waals surface area contributed by atoms with Crippen LogP contribution in [-0.4, -0.2) is 11.0 Å². The van der Waals surface area contributed by atoms with Crippen molar-refractivity contribution in [3.63, 3.8) is 0 Å². The minimum absolute atomic E-state index is 0.00324. The standard InChI is InChI=1S/C19H24N2O2/c1-4-19(23)21-17-9-8-13(2)18(11-17)20-14(3)16-7-5-6-15(10-16)12-22/h5-11,14,20,22H,4,12H2,1-3H3,(H,21,23). The number of aryl methyl sites for hydroxylation is 1. The lowest BCUT2D eigenvalue weighted by atomic mass is 10.0. The van der Waals surface area contributed by atoms with E-state index in [1.807, 2.05) is 56.3 Å².